The van der Waals surface area contributed by atoms with Gasteiger partial charge in [0.2, 0.25) is 0 Å². The van der Waals surface area contributed by atoms with Crippen LogP contribution in [0, 0.1) is 6.92 Å². The monoisotopic (exact) mass is 311 g/mol. The van der Waals surface area contributed by atoms with Crippen molar-refractivity contribution in [1.29, 1.82) is 0 Å². The molecule has 0 fully saturated rings. The van der Waals surface area contributed by atoms with Crippen molar-refractivity contribution < 1.29 is 9.21 Å². The van der Waals surface area contributed by atoms with Gasteiger partial charge in [-0.2, -0.15) is 0 Å². The van der Waals surface area contributed by atoms with Crippen molar-refractivity contribution in [3.63, 3.8) is 0 Å². The molecule has 0 aliphatic rings. The highest BCUT2D eigenvalue weighted by molar-refractivity contribution is 6.30. The zero-order valence-electron chi connectivity index (χ0n) is 12.0. The Labute approximate surface area is 133 Å². The highest BCUT2D eigenvalue weighted by atomic mass is 35.5. The summed E-state index contributed by atoms with van der Waals surface area (Å²) in [6.45, 7) is 1.76. The van der Waals surface area contributed by atoms with E-state index in [0.29, 0.717) is 16.3 Å². The van der Waals surface area contributed by atoms with Gasteiger partial charge in [0.1, 0.15) is 5.76 Å². The number of benzene rings is 2. The molecule has 0 atom stereocenters. The van der Waals surface area contributed by atoms with Crippen LogP contribution in [0.5, 0.6) is 0 Å². The summed E-state index contributed by atoms with van der Waals surface area (Å²) in [6, 6.07) is 16.8. The molecule has 0 aliphatic carbocycles. The van der Waals surface area contributed by atoms with Crippen molar-refractivity contribution in [2.24, 2.45) is 0 Å². The second-order valence-electron chi connectivity index (χ2n) is 4.90. The Morgan fingerprint density at radius 2 is 1.91 bits per heavy atom. The number of aryl methyl sites for hydroxylation is 1. The summed E-state index contributed by atoms with van der Waals surface area (Å²) < 4.78 is 5.18. The molecule has 0 aliphatic heterocycles. The predicted molar refractivity (Wildman–Crippen MR) is 88.3 cm³/mol. The largest absolute Gasteiger partial charge is 0.469 e. The van der Waals surface area contributed by atoms with Gasteiger partial charge in [-0.15, -0.1) is 0 Å². The highest BCUT2D eigenvalue weighted by Crippen LogP contribution is 2.30. The molecule has 4 heteroatoms. The number of amides is 1. The van der Waals surface area contributed by atoms with Gasteiger partial charge in [0, 0.05) is 16.3 Å². The first-order chi connectivity index (χ1) is 10.6. The maximum absolute atomic E-state index is 12.3. The maximum Gasteiger partial charge on any atom is 0.259 e. The molecule has 0 radical (unpaired) electrons. The molecule has 1 heterocycles. The third-order valence-electron chi connectivity index (χ3n) is 3.41. The lowest BCUT2D eigenvalue weighted by Crippen LogP contribution is -2.12. The van der Waals surface area contributed by atoms with Crippen LogP contribution in [0.1, 0.15) is 16.1 Å². The normalized spacial score (nSPS) is 10.5. The topological polar surface area (TPSA) is 42.2 Å². The molecule has 0 spiro atoms. The summed E-state index contributed by atoms with van der Waals surface area (Å²) in [7, 11) is 0. The number of carbonyl (C=O) groups excluding carboxylic acids is 1. The molecule has 2 aromatic carbocycles. The zero-order chi connectivity index (χ0) is 15.5. The van der Waals surface area contributed by atoms with Crippen LogP contribution < -0.4 is 5.32 Å². The van der Waals surface area contributed by atoms with Crippen molar-refractivity contribution in [3.05, 3.63) is 77.2 Å². The van der Waals surface area contributed by atoms with E-state index in [2.05, 4.69) is 5.32 Å². The number of rotatable bonds is 3. The van der Waals surface area contributed by atoms with Crippen LogP contribution in [0.2, 0.25) is 5.02 Å². The number of hydrogen-bond acceptors (Lipinski definition) is 2. The number of anilines is 1. The Morgan fingerprint density at radius 3 is 2.64 bits per heavy atom. The maximum atomic E-state index is 12.3. The zero-order valence-corrected chi connectivity index (χ0v) is 12.7. The van der Waals surface area contributed by atoms with Crippen LogP contribution in [0.3, 0.4) is 0 Å². The average Bonchev–Trinajstić information content (AvgIpc) is 2.94. The summed E-state index contributed by atoms with van der Waals surface area (Å²) in [5.41, 5.74) is 3.13. The number of nitrogens with one attached hydrogen (secondary N) is 1. The highest BCUT2D eigenvalue weighted by Gasteiger charge is 2.13. The van der Waals surface area contributed by atoms with E-state index in [4.69, 9.17) is 16.0 Å². The first-order valence-electron chi connectivity index (χ1n) is 6.85. The second-order valence-corrected chi connectivity index (χ2v) is 5.34. The van der Waals surface area contributed by atoms with Crippen LogP contribution >= 0.6 is 11.6 Å². The van der Waals surface area contributed by atoms with Gasteiger partial charge >= 0.3 is 0 Å². The minimum atomic E-state index is -0.194. The van der Waals surface area contributed by atoms with Gasteiger partial charge < -0.3 is 9.73 Å². The molecule has 22 heavy (non-hydrogen) atoms. The molecule has 3 rings (SSSR count). The lowest BCUT2D eigenvalue weighted by molar-refractivity contribution is 0.102. The second kappa shape index (κ2) is 6.08. The molecule has 110 valence electrons. The fourth-order valence-corrected chi connectivity index (χ4v) is 2.50. The molecule has 1 amide bonds. The van der Waals surface area contributed by atoms with E-state index >= 15 is 0 Å². The van der Waals surface area contributed by atoms with Crippen molar-refractivity contribution in [2.45, 2.75) is 6.92 Å². The van der Waals surface area contributed by atoms with E-state index in [9.17, 15) is 4.79 Å². The van der Waals surface area contributed by atoms with Gasteiger partial charge in [0.05, 0.1) is 11.8 Å². The quantitative estimate of drug-likeness (QED) is 0.726. The average molecular weight is 312 g/mol. The summed E-state index contributed by atoms with van der Waals surface area (Å²) in [5.74, 6) is 0.401. The summed E-state index contributed by atoms with van der Waals surface area (Å²) >= 11 is 6.06. The minimum absolute atomic E-state index is 0.194. The summed E-state index contributed by atoms with van der Waals surface area (Å²) in [6.07, 6.45) is 1.51. The molecule has 0 saturated carbocycles. The van der Waals surface area contributed by atoms with E-state index < -0.39 is 0 Å². The Morgan fingerprint density at radius 1 is 1.09 bits per heavy atom. The lowest BCUT2D eigenvalue weighted by atomic mass is 10.0. The van der Waals surface area contributed by atoms with Gasteiger partial charge in [-0.05, 0) is 36.8 Å². The van der Waals surface area contributed by atoms with Gasteiger partial charge in [0.25, 0.3) is 5.91 Å². The first-order valence-corrected chi connectivity index (χ1v) is 7.23. The van der Waals surface area contributed by atoms with Crippen LogP contribution in [0.4, 0.5) is 5.69 Å². The number of halogens is 1. The molecule has 1 N–H and O–H groups in total. The Balaban J connectivity index is 1.95. The fourth-order valence-electron chi connectivity index (χ4n) is 2.31. The van der Waals surface area contributed by atoms with Crippen molar-refractivity contribution in [2.75, 3.05) is 5.32 Å². The molecule has 0 unspecified atom stereocenters. The molecular formula is C18H14ClNO2. The van der Waals surface area contributed by atoms with Gasteiger partial charge in [-0.1, -0.05) is 41.9 Å². The molecule has 0 saturated heterocycles. The van der Waals surface area contributed by atoms with Crippen LogP contribution in [-0.2, 0) is 0 Å². The Kier molecular flexibility index (Phi) is 3.98. The van der Waals surface area contributed by atoms with E-state index in [1.807, 2.05) is 48.5 Å². The van der Waals surface area contributed by atoms with E-state index in [1.165, 1.54) is 6.26 Å². The molecule has 3 aromatic rings. The van der Waals surface area contributed by atoms with E-state index in [-0.39, 0.29) is 5.91 Å². The van der Waals surface area contributed by atoms with Gasteiger partial charge in [0.15, 0.2) is 0 Å². The predicted octanol–water partition coefficient (Wildman–Crippen LogP) is 5.16. The van der Waals surface area contributed by atoms with Crippen molar-refractivity contribution in [3.8, 4) is 11.1 Å². The first kappa shape index (κ1) is 14.4. The third-order valence-corrected chi connectivity index (χ3v) is 3.65. The summed E-state index contributed by atoms with van der Waals surface area (Å²) in [5, 5.41) is 3.59. The summed E-state index contributed by atoms with van der Waals surface area (Å²) in [4.78, 5) is 12.3. The molecule has 3 nitrogen and oxygen atoms in total. The van der Waals surface area contributed by atoms with Crippen LogP contribution in [0.15, 0.2) is 65.3 Å². The SMILES string of the molecule is Cc1occc1C(=O)Nc1ccccc1-c1cccc(Cl)c1. The fraction of sp³-hybridized carbons (Fsp3) is 0.0556. The van der Waals surface area contributed by atoms with Crippen molar-refractivity contribution >= 4 is 23.2 Å². The van der Waals surface area contributed by atoms with Gasteiger partial charge in [-0.3, -0.25) is 4.79 Å². The standard InChI is InChI=1S/C18H14ClNO2/c1-12-15(9-10-22-12)18(21)20-17-8-3-2-7-16(17)13-5-4-6-14(19)11-13/h2-11H,1H3,(H,20,21). The number of carbonyl (C=O) groups is 1. The molecular weight excluding hydrogens is 298 g/mol. The minimum Gasteiger partial charge on any atom is -0.469 e. The molecule has 0 bridgehead atoms. The Hall–Kier alpha value is -2.52. The van der Waals surface area contributed by atoms with Crippen molar-refractivity contribution in [1.82, 2.24) is 0 Å². The van der Waals surface area contributed by atoms with E-state index in [0.717, 1.165) is 16.8 Å². The Bertz CT molecular complexity index is 823. The van der Waals surface area contributed by atoms with Crippen LogP contribution in [-0.4, -0.2) is 5.91 Å². The lowest BCUT2D eigenvalue weighted by Gasteiger charge is -2.11. The number of hydrogen-bond donors (Lipinski definition) is 1. The van der Waals surface area contributed by atoms with E-state index in [1.54, 1.807) is 13.0 Å². The molecule has 1 aromatic heterocycles. The van der Waals surface area contributed by atoms with Crippen LogP contribution in [0.25, 0.3) is 11.1 Å². The number of para-hydroxylation sites is 1. The smallest absolute Gasteiger partial charge is 0.259 e. The third kappa shape index (κ3) is 2.90. The number of furan rings is 1. The van der Waals surface area contributed by atoms with Gasteiger partial charge in [-0.25, -0.2) is 0 Å².